The van der Waals surface area contributed by atoms with Crippen molar-refractivity contribution >= 4 is 17.0 Å². The van der Waals surface area contributed by atoms with Gasteiger partial charge in [-0.3, -0.25) is 9.25 Å². The molecule has 142 valence electrons. The first-order valence-corrected chi connectivity index (χ1v) is 9.13. The number of nitrogens with two attached hydrogens (primary N) is 1. The van der Waals surface area contributed by atoms with Crippen molar-refractivity contribution in [3.05, 3.63) is 66.6 Å². The van der Waals surface area contributed by atoms with Crippen LogP contribution in [-0.2, 0) is 7.05 Å². The lowest BCUT2D eigenvalue weighted by atomic mass is 10.2. The van der Waals surface area contributed by atoms with E-state index in [4.69, 9.17) is 15.7 Å². The first-order valence-electron chi connectivity index (χ1n) is 9.13. The van der Waals surface area contributed by atoms with E-state index in [1.807, 2.05) is 48.0 Å². The predicted octanol–water partition coefficient (Wildman–Crippen LogP) is 3.17. The zero-order valence-corrected chi connectivity index (χ0v) is 16.0. The number of imidazole rings is 1. The summed E-state index contributed by atoms with van der Waals surface area (Å²) in [5.41, 5.74) is 11.2. The number of fused-ring (bicyclic) bond motifs is 1. The average Bonchev–Trinajstić information content (AvgIpc) is 3.32. The lowest BCUT2D eigenvalue weighted by Crippen LogP contribution is -2.02. The van der Waals surface area contributed by atoms with Gasteiger partial charge in [0.15, 0.2) is 17.3 Å². The highest BCUT2D eigenvalue weighted by Crippen LogP contribution is 2.31. The topological polar surface area (TPSA) is 100 Å². The van der Waals surface area contributed by atoms with Gasteiger partial charge in [0.2, 0.25) is 0 Å². The van der Waals surface area contributed by atoms with Crippen LogP contribution in [0.15, 0.2) is 61.1 Å². The van der Waals surface area contributed by atoms with Gasteiger partial charge in [0.25, 0.3) is 0 Å². The zero-order valence-electron chi connectivity index (χ0n) is 16.0. The fourth-order valence-corrected chi connectivity index (χ4v) is 3.26. The first kappa shape index (κ1) is 17.1. The Kier molecular flexibility index (Phi) is 3.83. The molecule has 0 atom stereocenters. The Hall–Kier alpha value is -4.07. The third-order valence-corrected chi connectivity index (χ3v) is 4.70. The van der Waals surface area contributed by atoms with Crippen LogP contribution in [0.25, 0.3) is 39.8 Å². The van der Waals surface area contributed by atoms with E-state index in [-0.39, 0.29) is 0 Å². The van der Waals surface area contributed by atoms with E-state index >= 15 is 0 Å². The van der Waals surface area contributed by atoms with Crippen molar-refractivity contribution in [2.75, 3.05) is 5.73 Å². The second-order valence-electron chi connectivity index (χ2n) is 6.82. The van der Waals surface area contributed by atoms with Gasteiger partial charge < -0.3 is 5.73 Å². The minimum absolute atomic E-state index is 0.419. The van der Waals surface area contributed by atoms with Gasteiger partial charge in [-0.1, -0.05) is 17.7 Å². The first-order chi connectivity index (χ1) is 14.1. The molecule has 0 aliphatic carbocycles. The summed E-state index contributed by atoms with van der Waals surface area (Å²) in [6, 6.07) is 15.8. The number of aryl methyl sites for hydroxylation is 2. The van der Waals surface area contributed by atoms with Crippen LogP contribution in [-0.4, -0.2) is 34.3 Å². The minimum Gasteiger partial charge on any atom is -0.383 e. The highest BCUT2D eigenvalue weighted by Gasteiger charge is 2.19. The Morgan fingerprint density at radius 3 is 2.48 bits per heavy atom. The van der Waals surface area contributed by atoms with Gasteiger partial charge in [-0.2, -0.15) is 0 Å². The molecule has 8 heteroatoms. The Morgan fingerprint density at radius 2 is 1.76 bits per heavy atom. The molecule has 0 saturated heterocycles. The van der Waals surface area contributed by atoms with Crippen LogP contribution >= 0.6 is 0 Å². The van der Waals surface area contributed by atoms with Crippen LogP contribution in [0.3, 0.4) is 0 Å². The number of aromatic nitrogens is 7. The van der Waals surface area contributed by atoms with Crippen LogP contribution in [0.2, 0.25) is 0 Å². The molecule has 0 radical (unpaired) electrons. The third-order valence-electron chi connectivity index (χ3n) is 4.70. The number of nitrogen functional groups attached to an aromatic ring is 1. The van der Waals surface area contributed by atoms with E-state index in [2.05, 4.69) is 34.1 Å². The normalized spacial score (nSPS) is 11.2. The second kappa shape index (κ2) is 6.52. The molecule has 5 rings (SSSR count). The molecule has 0 fully saturated rings. The number of anilines is 1. The van der Waals surface area contributed by atoms with Crippen LogP contribution in [0.4, 0.5) is 5.82 Å². The van der Waals surface area contributed by atoms with E-state index < -0.39 is 0 Å². The molecular formula is C21H18N8. The Labute approximate surface area is 166 Å². The van der Waals surface area contributed by atoms with Crippen molar-refractivity contribution in [1.82, 2.24) is 34.3 Å². The number of benzene rings is 1. The molecule has 2 N–H and O–H groups in total. The Balaban J connectivity index is 1.81. The lowest BCUT2D eigenvalue weighted by Gasteiger charge is -2.10. The van der Waals surface area contributed by atoms with E-state index in [9.17, 15) is 0 Å². The van der Waals surface area contributed by atoms with Gasteiger partial charge in [0.05, 0.1) is 5.56 Å². The van der Waals surface area contributed by atoms with Gasteiger partial charge in [-0.05, 0) is 43.3 Å². The Bertz CT molecular complexity index is 1330. The van der Waals surface area contributed by atoms with Gasteiger partial charge in [0, 0.05) is 18.9 Å². The molecule has 1 aromatic carbocycles. The summed E-state index contributed by atoms with van der Waals surface area (Å²) in [7, 11) is 1.83. The van der Waals surface area contributed by atoms with Gasteiger partial charge in [0.1, 0.15) is 23.4 Å². The maximum atomic E-state index is 6.16. The summed E-state index contributed by atoms with van der Waals surface area (Å²) >= 11 is 0. The molecular weight excluding hydrogens is 364 g/mol. The van der Waals surface area contributed by atoms with Gasteiger partial charge in [-0.25, -0.2) is 19.9 Å². The predicted molar refractivity (Wildman–Crippen MR) is 111 cm³/mol. The smallest absolute Gasteiger partial charge is 0.199 e. The van der Waals surface area contributed by atoms with Crippen molar-refractivity contribution in [3.63, 3.8) is 0 Å². The maximum Gasteiger partial charge on any atom is 0.199 e. The number of rotatable bonds is 3. The molecule has 8 nitrogen and oxygen atoms in total. The SMILES string of the molecule is Cc1ccc(-n2c(-c3cccnc3N)nc3ccc(-c4ncn(C)n4)nc32)cc1. The molecule has 0 saturated carbocycles. The molecule has 0 spiro atoms. The highest BCUT2D eigenvalue weighted by molar-refractivity contribution is 5.84. The monoisotopic (exact) mass is 382 g/mol. The third kappa shape index (κ3) is 2.91. The van der Waals surface area contributed by atoms with Crippen molar-refractivity contribution < 1.29 is 0 Å². The summed E-state index contributed by atoms with van der Waals surface area (Å²) in [6.07, 6.45) is 3.32. The van der Waals surface area contributed by atoms with Crippen molar-refractivity contribution in [1.29, 1.82) is 0 Å². The summed E-state index contributed by atoms with van der Waals surface area (Å²) in [6.45, 7) is 2.05. The second-order valence-corrected chi connectivity index (χ2v) is 6.82. The van der Waals surface area contributed by atoms with Crippen molar-refractivity contribution in [3.8, 4) is 28.6 Å². The molecule has 0 aliphatic heterocycles. The summed E-state index contributed by atoms with van der Waals surface area (Å²) in [4.78, 5) is 18.2. The van der Waals surface area contributed by atoms with E-state index in [1.165, 1.54) is 5.56 Å². The molecule has 5 aromatic rings. The standard InChI is InChI=1S/C21H18N8/c1-13-5-7-14(8-6-13)29-20(15-4-3-11-23-18(15)22)26-17-10-9-16(25-21(17)29)19-24-12-28(2)27-19/h3-12H,1-2H3,(H2,22,23). The summed E-state index contributed by atoms with van der Waals surface area (Å²) in [5.74, 6) is 1.67. The minimum atomic E-state index is 0.419. The van der Waals surface area contributed by atoms with Crippen LogP contribution in [0.5, 0.6) is 0 Å². The zero-order chi connectivity index (χ0) is 20.0. The molecule has 4 aromatic heterocycles. The molecule has 0 amide bonds. The van der Waals surface area contributed by atoms with Crippen LogP contribution in [0.1, 0.15) is 5.56 Å². The number of nitrogens with zero attached hydrogens (tertiary/aromatic N) is 7. The molecule has 0 bridgehead atoms. The lowest BCUT2D eigenvalue weighted by molar-refractivity contribution is 0.767. The molecule has 4 heterocycles. The molecule has 29 heavy (non-hydrogen) atoms. The fraction of sp³-hybridized carbons (Fsp3) is 0.0952. The van der Waals surface area contributed by atoms with E-state index in [0.717, 1.165) is 16.8 Å². The van der Waals surface area contributed by atoms with Crippen molar-refractivity contribution in [2.45, 2.75) is 6.92 Å². The van der Waals surface area contributed by atoms with Crippen molar-refractivity contribution in [2.24, 2.45) is 7.05 Å². The largest absolute Gasteiger partial charge is 0.383 e. The molecule has 0 unspecified atom stereocenters. The number of hydrogen-bond acceptors (Lipinski definition) is 6. The average molecular weight is 382 g/mol. The van der Waals surface area contributed by atoms with Gasteiger partial charge >= 0.3 is 0 Å². The van der Waals surface area contributed by atoms with Crippen LogP contribution in [0, 0.1) is 6.92 Å². The van der Waals surface area contributed by atoms with Gasteiger partial charge in [-0.15, -0.1) is 5.10 Å². The quantitative estimate of drug-likeness (QED) is 0.514. The number of pyridine rings is 2. The molecule has 0 aliphatic rings. The van der Waals surface area contributed by atoms with E-state index in [1.54, 1.807) is 17.2 Å². The summed E-state index contributed by atoms with van der Waals surface area (Å²) in [5, 5.41) is 4.36. The van der Waals surface area contributed by atoms with Crippen LogP contribution < -0.4 is 5.73 Å². The summed E-state index contributed by atoms with van der Waals surface area (Å²) < 4.78 is 3.65. The number of hydrogen-bond donors (Lipinski definition) is 1. The maximum absolute atomic E-state index is 6.16. The highest BCUT2D eigenvalue weighted by atomic mass is 15.3. The Morgan fingerprint density at radius 1 is 0.931 bits per heavy atom. The fourth-order valence-electron chi connectivity index (χ4n) is 3.26. The van der Waals surface area contributed by atoms with E-state index in [0.29, 0.717) is 28.8 Å².